The summed E-state index contributed by atoms with van der Waals surface area (Å²) in [5.74, 6) is 8.22. The normalized spacial score (nSPS) is 12.1. The first-order valence-corrected chi connectivity index (χ1v) is 13.3. The number of rotatable bonds is 15. The summed E-state index contributed by atoms with van der Waals surface area (Å²) in [6, 6.07) is 19.0. The van der Waals surface area contributed by atoms with Gasteiger partial charge >= 0.3 is 0 Å². The van der Waals surface area contributed by atoms with Crippen LogP contribution in [0.2, 0.25) is 0 Å². The summed E-state index contributed by atoms with van der Waals surface area (Å²) in [6.45, 7) is 13.6. The summed E-state index contributed by atoms with van der Waals surface area (Å²) in [4.78, 5) is 0. The molecule has 0 radical (unpaired) electrons. The Morgan fingerprint density at radius 2 is 1.39 bits per heavy atom. The van der Waals surface area contributed by atoms with Gasteiger partial charge < -0.3 is 9.22 Å². The van der Waals surface area contributed by atoms with Crippen LogP contribution in [0.1, 0.15) is 90.2 Å². The van der Waals surface area contributed by atoms with Gasteiger partial charge in [0.05, 0.1) is 19.6 Å². The molecule has 0 heterocycles. The Morgan fingerprint density at radius 3 is 1.97 bits per heavy atom. The Hall–Kier alpha value is -2.24. The van der Waals surface area contributed by atoms with E-state index >= 15 is 0 Å². The van der Waals surface area contributed by atoms with Crippen molar-refractivity contribution in [1.82, 2.24) is 0 Å². The van der Waals surface area contributed by atoms with Crippen LogP contribution in [0.4, 0.5) is 0 Å². The maximum Gasteiger partial charge on any atom is 0.151 e. The van der Waals surface area contributed by atoms with Crippen LogP contribution in [0.5, 0.6) is 5.75 Å². The fourth-order valence-electron chi connectivity index (χ4n) is 4.55. The van der Waals surface area contributed by atoms with Gasteiger partial charge in [-0.2, -0.15) is 0 Å². The summed E-state index contributed by atoms with van der Waals surface area (Å²) in [5.41, 5.74) is 2.24. The molecular weight excluding hydrogens is 402 g/mol. The highest BCUT2D eigenvalue weighted by atomic mass is 16.5. The van der Waals surface area contributed by atoms with Crippen LogP contribution < -0.4 is 4.74 Å². The monoisotopic (exact) mass is 448 g/mol. The lowest BCUT2D eigenvalue weighted by Gasteiger charge is -2.43. The van der Waals surface area contributed by atoms with Crippen molar-refractivity contribution >= 4 is 0 Å². The number of hydrogen-bond donors (Lipinski definition) is 0. The Morgan fingerprint density at radius 1 is 0.758 bits per heavy atom. The highest BCUT2D eigenvalue weighted by molar-refractivity contribution is 5.40. The molecule has 2 rings (SSSR count). The van der Waals surface area contributed by atoms with Crippen LogP contribution in [0.15, 0.2) is 54.6 Å². The summed E-state index contributed by atoms with van der Waals surface area (Å²) < 4.78 is 7.22. The maximum atomic E-state index is 6.04. The molecule has 0 saturated heterocycles. The Bertz CT molecular complexity index is 811. The van der Waals surface area contributed by atoms with Gasteiger partial charge in [0.25, 0.3) is 0 Å². The molecule has 2 heteroatoms. The molecule has 0 aliphatic heterocycles. The van der Waals surface area contributed by atoms with Gasteiger partial charge in [-0.25, -0.2) is 0 Å². The number of unbranched alkanes of at least 4 members (excludes halogenated alkanes) is 3. The molecule has 0 aliphatic carbocycles. The van der Waals surface area contributed by atoms with Gasteiger partial charge in [-0.3, -0.25) is 0 Å². The lowest BCUT2D eigenvalue weighted by molar-refractivity contribution is -0.944. The number of hydrogen-bond acceptors (Lipinski definition) is 1. The highest BCUT2D eigenvalue weighted by Crippen LogP contribution is 2.23. The van der Waals surface area contributed by atoms with Crippen LogP contribution in [0.25, 0.3) is 0 Å². The number of quaternary nitrogens is 1. The number of nitrogens with zero attached hydrogens (tertiary/aromatic N) is 1. The van der Waals surface area contributed by atoms with E-state index in [1.54, 1.807) is 0 Å². The molecule has 0 aliphatic rings. The third-order valence-electron chi connectivity index (χ3n) is 6.56. The van der Waals surface area contributed by atoms with E-state index in [4.69, 9.17) is 4.74 Å². The van der Waals surface area contributed by atoms with Crippen molar-refractivity contribution in [3.8, 4) is 17.6 Å². The van der Waals surface area contributed by atoms with E-state index in [-0.39, 0.29) is 0 Å². The predicted octanol–water partition coefficient (Wildman–Crippen LogP) is 8.00. The van der Waals surface area contributed by atoms with Crippen molar-refractivity contribution in [1.29, 1.82) is 0 Å². The van der Waals surface area contributed by atoms with Crippen molar-refractivity contribution in [2.45, 2.75) is 91.7 Å². The van der Waals surface area contributed by atoms with E-state index < -0.39 is 0 Å². The second kappa shape index (κ2) is 15.6. The zero-order valence-corrected chi connectivity index (χ0v) is 21.6. The molecule has 0 saturated carbocycles. The van der Waals surface area contributed by atoms with E-state index in [9.17, 15) is 0 Å². The SMILES string of the molecule is CCCC[N+](CCCC)(CCCC)C(C#Cc1cccc(OCc2ccccc2)c1)CCC. The summed E-state index contributed by atoms with van der Waals surface area (Å²) in [5, 5.41) is 0. The van der Waals surface area contributed by atoms with Crippen LogP contribution in [-0.2, 0) is 6.61 Å². The second-order valence-electron chi connectivity index (χ2n) is 9.33. The quantitative estimate of drug-likeness (QED) is 0.198. The zero-order valence-electron chi connectivity index (χ0n) is 21.6. The van der Waals surface area contributed by atoms with Crippen LogP contribution >= 0.6 is 0 Å². The summed E-state index contributed by atoms with van der Waals surface area (Å²) in [7, 11) is 0. The van der Waals surface area contributed by atoms with Crippen LogP contribution in [0, 0.1) is 11.8 Å². The molecule has 180 valence electrons. The van der Waals surface area contributed by atoms with Gasteiger partial charge in [0.15, 0.2) is 6.04 Å². The van der Waals surface area contributed by atoms with E-state index in [1.807, 2.05) is 12.1 Å². The minimum Gasteiger partial charge on any atom is -0.489 e. The fraction of sp³-hybridized carbons (Fsp3) is 0.548. The lowest BCUT2D eigenvalue weighted by Crippen LogP contribution is -2.56. The molecular formula is C31H46NO+. The number of ether oxygens (including phenoxy) is 1. The smallest absolute Gasteiger partial charge is 0.151 e. The third kappa shape index (κ3) is 9.26. The predicted molar refractivity (Wildman–Crippen MR) is 142 cm³/mol. The fourth-order valence-corrected chi connectivity index (χ4v) is 4.55. The molecule has 2 aromatic carbocycles. The molecule has 2 nitrogen and oxygen atoms in total. The van der Waals surface area contributed by atoms with E-state index in [0.717, 1.165) is 11.3 Å². The van der Waals surface area contributed by atoms with Crippen molar-refractivity contribution < 1.29 is 9.22 Å². The molecule has 0 bridgehead atoms. The molecule has 0 aromatic heterocycles. The Kier molecular flexibility index (Phi) is 12.7. The first kappa shape index (κ1) is 27.0. The average molecular weight is 449 g/mol. The van der Waals surface area contributed by atoms with Gasteiger partial charge in [-0.1, -0.05) is 89.3 Å². The van der Waals surface area contributed by atoms with Gasteiger partial charge in [0.2, 0.25) is 0 Å². The molecule has 0 N–H and O–H groups in total. The lowest BCUT2D eigenvalue weighted by atomic mass is 10.0. The van der Waals surface area contributed by atoms with E-state index in [1.165, 1.54) is 81.0 Å². The van der Waals surface area contributed by atoms with Crippen molar-refractivity contribution in [2.24, 2.45) is 0 Å². The molecule has 0 fully saturated rings. The molecule has 2 aromatic rings. The Labute approximate surface area is 204 Å². The van der Waals surface area contributed by atoms with Gasteiger partial charge in [0, 0.05) is 12.0 Å². The highest BCUT2D eigenvalue weighted by Gasteiger charge is 2.33. The summed E-state index contributed by atoms with van der Waals surface area (Å²) in [6.07, 6.45) is 9.99. The molecule has 0 amide bonds. The third-order valence-corrected chi connectivity index (χ3v) is 6.56. The topological polar surface area (TPSA) is 9.23 Å². The molecule has 1 atom stereocenters. The van der Waals surface area contributed by atoms with Crippen molar-refractivity contribution in [3.05, 3.63) is 65.7 Å². The average Bonchev–Trinajstić information content (AvgIpc) is 2.86. The minimum atomic E-state index is 0.411. The molecule has 1 unspecified atom stereocenters. The van der Waals surface area contributed by atoms with Gasteiger partial charge in [-0.05, 0) is 55.4 Å². The maximum absolute atomic E-state index is 6.04. The second-order valence-corrected chi connectivity index (χ2v) is 9.33. The zero-order chi connectivity index (χ0) is 23.8. The standard InChI is InChI=1S/C31H46NO/c1-5-9-23-32(24-10-6-2,25-11-7-3)30(16-8-4)22-21-28-19-15-20-31(26-28)33-27-29-17-13-12-14-18-29/h12-15,17-20,26,30H,5-11,16,23-25,27H2,1-4H3/q+1. The van der Waals surface area contributed by atoms with Gasteiger partial charge in [0.1, 0.15) is 12.4 Å². The first-order chi connectivity index (χ1) is 16.2. The first-order valence-electron chi connectivity index (χ1n) is 13.3. The van der Waals surface area contributed by atoms with Crippen molar-refractivity contribution in [3.63, 3.8) is 0 Å². The van der Waals surface area contributed by atoms with E-state index in [2.05, 4.69) is 82.0 Å². The Balaban J connectivity index is 2.24. The van der Waals surface area contributed by atoms with Crippen LogP contribution in [0.3, 0.4) is 0 Å². The van der Waals surface area contributed by atoms with Crippen molar-refractivity contribution in [2.75, 3.05) is 19.6 Å². The molecule has 33 heavy (non-hydrogen) atoms. The minimum absolute atomic E-state index is 0.411. The van der Waals surface area contributed by atoms with E-state index in [0.29, 0.717) is 12.6 Å². The number of benzene rings is 2. The van der Waals surface area contributed by atoms with Gasteiger partial charge in [-0.15, -0.1) is 0 Å². The van der Waals surface area contributed by atoms with Crippen LogP contribution in [-0.4, -0.2) is 30.2 Å². The molecule has 0 spiro atoms. The summed E-state index contributed by atoms with van der Waals surface area (Å²) >= 11 is 0. The largest absolute Gasteiger partial charge is 0.489 e.